The van der Waals surface area contributed by atoms with Crippen molar-refractivity contribution in [3.63, 3.8) is 0 Å². The number of hydrogen-bond donors (Lipinski definition) is 1. The number of rotatable bonds is 5. The quantitative estimate of drug-likeness (QED) is 0.895. The lowest BCUT2D eigenvalue weighted by atomic mass is 10.1. The molecule has 2 rings (SSSR count). The minimum atomic E-state index is 0.164. The molecule has 0 atom stereocenters. The molecule has 0 aliphatic rings. The number of nitrogens with zero attached hydrogens (tertiary/aromatic N) is 3. The summed E-state index contributed by atoms with van der Waals surface area (Å²) in [5.41, 5.74) is 2.76. The predicted octanol–water partition coefficient (Wildman–Crippen LogP) is 2.35. The Labute approximate surface area is 115 Å². The molecule has 0 aliphatic carbocycles. The van der Waals surface area contributed by atoms with Gasteiger partial charge in [0.2, 0.25) is 0 Å². The Morgan fingerprint density at radius 2 is 2.05 bits per heavy atom. The standard InChI is InChI=1S/C15H24N4/c1-15(2,3)16-11-13-6-9-19(12-13)10-7-14-5-8-17-18(14)4/h5-6,8-9,12,16H,7,10-11H2,1-4H3. The molecule has 0 bridgehead atoms. The highest BCUT2D eigenvalue weighted by Gasteiger charge is 2.08. The fraction of sp³-hybridized carbons (Fsp3) is 0.533. The molecule has 104 valence electrons. The SMILES string of the molecule is Cn1nccc1CCn1ccc(CNC(C)(C)C)c1. The Bertz CT molecular complexity index is 516. The first-order valence-corrected chi connectivity index (χ1v) is 6.80. The van der Waals surface area contributed by atoms with Crippen LogP contribution in [-0.4, -0.2) is 19.9 Å². The molecule has 2 aromatic heterocycles. The summed E-state index contributed by atoms with van der Waals surface area (Å²) >= 11 is 0. The summed E-state index contributed by atoms with van der Waals surface area (Å²) < 4.78 is 4.18. The molecular formula is C15H24N4. The minimum Gasteiger partial charge on any atom is -0.354 e. The lowest BCUT2D eigenvalue weighted by Crippen LogP contribution is -2.34. The second-order valence-corrected chi connectivity index (χ2v) is 6.06. The van der Waals surface area contributed by atoms with Crippen molar-refractivity contribution in [3.8, 4) is 0 Å². The fourth-order valence-electron chi connectivity index (χ4n) is 1.99. The maximum absolute atomic E-state index is 4.19. The Morgan fingerprint density at radius 3 is 2.68 bits per heavy atom. The highest BCUT2D eigenvalue weighted by atomic mass is 15.3. The summed E-state index contributed by atoms with van der Waals surface area (Å²) in [6.07, 6.45) is 7.23. The smallest absolute Gasteiger partial charge is 0.0492 e. The van der Waals surface area contributed by atoms with Gasteiger partial charge in [-0.1, -0.05) is 0 Å². The average Bonchev–Trinajstić information content (AvgIpc) is 2.92. The van der Waals surface area contributed by atoms with Crippen molar-refractivity contribution < 1.29 is 0 Å². The van der Waals surface area contributed by atoms with E-state index >= 15 is 0 Å². The van der Waals surface area contributed by atoms with Crippen molar-refractivity contribution in [1.29, 1.82) is 0 Å². The third-order valence-corrected chi connectivity index (χ3v) is 3.18. The van der Waals surface area contributed by atoms with Gasteiger partial charge in [0, 0.05) is 56.4 Å². The molecule has 19 heavy (non-hydrogen) atoms. The van der Waals surface area contributed by atoms with E-state index in [0.717, 1.165) is 19.5 Å². The highest BCUT2D eigenvalue weighted by Crippen LogP contribution is 2.07. The van der Waals surface area contributed by atoms with Gasteiger partial charge in [0.1, 0.15) is 0 Å². The Morgan fingerprint density at radius 1 is 1.26 bits per heavy atom. The largest absolute Gasteiger partial charge is 0.354 e. The Balaban J connectivity index is 1.86. The second-order valence-electron chi connectivity index (χ2n) is 6.06. The maximum atomic E-state index is 4.19. The van der Waals surface area contributed by atoms with E-state index in [1.54, 1.807) is 0 Å². The van der Waals surface area contributed by atoms with Crippen LogP contribution in [0.5, 0.6) is 0 Å². The first kappa shape index (κ1) is 13.9. The molecule has 0 saturated heterocycles. The van der Waals surface area contributed by atoms with Crippen LogP contribution in [0.4, 0.5) is 0 Å². The third-order valence-electron chi connectivity index (χ3n) is 3.18. The number of aromatic nitrogens is 3. The zero-order chi connectivity index (χ0) is 13.9. The van der Waals surface area contributed by atoms with Crippen molar-refractivity contribution in [1.82, 2.24) is 19.7 Å². The van der Waals surface area contributed by atoms with Gasteiger partial charge in [-0.2, -0.15) is 5.10 Å². The molecule has 2 heterocycles. The molecule has 1 N–H and O–H groups in total. The van der Waals surface area contributed by atoms with Crippen molar-refractivity contribution in [2.75, 3.05) is 0 Å². The van der Waals surface area contributed by atoms with Crippen LogP contribution in [0.15, 0.2) is 30.7 Å². The van der Waals surface area contributed by atoms with E-state index in [-0.39, 0.29) is 5.54 Å². The molecule has 0 spiro atoms. The predicted molar refractivity (Wildman–Crippen MR) is 77.9 cm³/mol. The average molecular weight is 260 g/mol. The van der Waals surface area contributed by atoms with E-state index in [4.69, 9.17) is 0 Å². The van der Waals surface area contributed by atoms with Crippen LogP contribution in [0, 0.1) is 0 Å². The van der Waals surface area contributed by atoms with Crippen LogP contribution >= 0.6 is 0 Å². The summed E-state index contributed by atoms with van der Waals surface area (Å²) in [5, 5.41) is 7.69. The fourth-order valence-corrected chi connectivity index (χ4v) is 1.99. The van der Waals surface area contributed by atoms with Gasteiger partial charge < -0.3 is 9.88 Å². The van der Waals surface area contributed by atoms with Gasteiger partial charge in [-0.3, -0.25) is 4.68 Å². The molecule has 2 aromatic rings. The topological polar surface area (TPSA) is 34.8 Å². The lowest BCUT2D eigenvalue weighted by Gasteiger charge is -2.19. The lowest BCUT2D eigenvalue weighted by molar-refractivity contribution is 0.424. The zero-order valence-electron chi connectivity index (χ0n) is 12.3. The van der Waals surface area contributed by atoms with Crippen LogP contribution in [0.3, 0.4) is 0 Å². The van der Waals surface area contributed by atoms with E-state index in [9.17, 15) is 0 Å². The van der Waals surface area contributed by atoms with E-state index in [1.807, 2.05) is 17.9 Å². The van der Waals surface area contributed by atoms with Crippen LogP contribution in [0.2, 0.25) is 0 Å². The number of hydrogen-bond acceptors (Lipinski definition) is 2. The molecule has 4 heteroatoms. The monoisotopic (exact) mass is 260 g/mol. The minimum absolute atomic E-state index is 0.164. The second kappa shape index (κ2) is 5.61. The third kappa shape index (κ3) is 4.24. The van der Waals surface area contributed by atoms with Crippen LogP contribution in [0.25, 0.3) is 0 Å². The summed E-state index contributed by atoms with van der Waals surface area (Å²) in [6.45, 7) is 8.47. The van der Waals surface area contributed by atoms with Crippen molar-refractivity contribution in [2.45, 2.75) is 45.8 Å². The van der Waals surface area contributed by atoms with E-state index in [2.05, 4.69) is 60.3 Å². The molecule has 0 saturated carbocycles. The van der Waals surface area contributed by atoms with Gasteiger partial charge in [0.25, 0.3) is 0 Å². The molecular weight excluding hydrogens is 236 g/mol. The molecule has 4 nitrogen and oxygen atoms in total. The molecule has 0 aliphatic heterocycles. The number of nitrogens with one attached hydrogen (secondary N) is 1. The van der Waals surface area contributed by atoms with Gasteiger partial charge in [-0.15, -0.1) is 0 Å². The Kier molecular flexibility index (Phi) is 4.10. The van der Waals surface area contributed by atoms with E-state index in [0.29, 0.717) is 0 Å². The highest BCUT2D eigenvalue weighted by molar-refractivity contribution is 5.11. The first-order chi connectivity index (χ1) is 8.94. The van der Waals surface area contributed by atoms with Gasteiger partial charge in [0.05, 0.1) is 0 Å². The summed E-state index contributed by atoms with van der Waals surface area (Å²) in [6, 6.07) is 4.26. The first-order valence-electron chi connectivity index (χ1n) is 6.80. The van der Waals surface area contributed by atoms with Crippen LogP contribution in [0.1, 0.15) is 32.0 Å². The summed E-state index contributed by atoms with van der Waals surface area (Å²) in [7, 11) is 1.99. The molecule has 0 unspecified atom stereocenters. The maximum Gasteiger partial charge on any atom is 0.0492 e. The van der Waals surface area contributed by atoms with Crippen molar-refractivity contribution in [2.24, 2.45) is 7.05 Å². The summed E-state index contributed by atoms with van der Waals surface area (Å²) in [5.74, 6) is 0. The van der Waals surface area contributed by atoms with Gasteiger partial charge in [0.15, 0.2) is 0 Å². The van der Waals surface area contributed by atoms with E-state index < -0.39 is 0 Å². The van der Waals surface area contributed by atoms with Crippen LogP contribution < -0.4 is 5.32 Å². The van der Waals surface area contributed by atoms with Gasteiger partial charge >= 0.3 is 0 Å². The molecule has 0 aromatic carbocycles. The van der Waals surface area contributed by atoms with E-state index in [1.165, 1.54) is 11.3 Å². The Hall–Kier alpha value is -1.55. The van der Waals surface area contributed by atoms with Gasteiger partial charge in [-0.05, 0) is 38.5 Å². The van der Waals surface area contributed by atoms with Crippen LogP contribution in [-0.2, 0) is 26.6 Å². The molecule has 0 radical (unpaired) electrons. The van der Waals surface area contributed by atoms with Gasteiger partial charge in [-0.25, -0.2) is 0 Å². The molecule has 0 amide bonds. The number of aryl methyl sites for hydroxylation is 3. The molecule has 0 fully saturated rings. The van der Waals surface area contributed by atoms with Crippen molar-refractivity contribution in [3.05, 3.63) is 42.0 Å². The normalized spacial score (nSPS) is 12.0. The van der Waals surface area contributed by atoms with Crippen molar-refractivity contribution >= 4 is 0 Å². The zero-order valence-corrected chi connectivity index (χ0v) is 12.3. The summed E-state index contributed by atoms with van der Waals surface area (Å²) in [4.78, 5) is 0.